The molecule has 1 saturated heterocycles. The molecule has 3 aromatic rings. The fraction of sp³-hybridized carbons (Fsp3) is 0.320. The molecule has 8 nitrogen and oxygen atoms in total. The summed E-state index contributed by atoms with van der Waals surface area (Å²) >= 11 is 11.5. The van der Waals surface area contributed by atoms with Crippen molar-refractivity contribution < 1.29 is 13.5 Å². The number of azo groups is 1. The zero-order valence-electron chi connectivity index (χ0n) is 20.1. The lowest BCUT2D eigenvalue weighted by Crippen LogP contribution is -2.37. The van der Waals surface area contributed by atoms with E-state index in [9.17, 15) is 13.5 Å². The van der Waals surface area contributed by atoms with Crippen molar-refractivity contribution in [2.24, 2.45) is 16.1 Å². The molecule has 1 aromatic heterocycles. The normalized spacial score (nSPS) is 15.5. The molecule has 2 N–H and O–H groups in total. The maximum atomic E-state index is 13.3. The molecule has 0 amide bonds. The Bertz CT molecular complexity index is 1460. The van der Waals surface area contributed by atoms with Gasteiger partial charge < -0.3 is 15.0 Å². The second kappa shape index (κ2) is 10.7. The highest BCUT2D eigenvalue weighted by Crippen LogP contribution is 2.40. The first-order valence-electron chi connectivity index (χ1n) is 11.6. The van der Waals surface area contributed by atoms with Crippen molar-refractivity contribution in [3.05, 3.63) is 59.6 Å². The number of fused-ring (bicyclic) bond motifs is 1. The number of rotatable bonds is 6. The van der Waals surface area contributed by atoms with Gasteiger partial charge in [0.15, 0.2) is 5.69 Å². The number of aryl methyl sites for hydroxylation is 1. The lowest BCUT2D eigenvalue weighted by molar-refractivity contribution is 0.288. The lowest BCUT2D eigenvalue weighted by Gasteiger charge is -2.29. The van der Waals surface area contributed by atoms with E-state index in [1.807, 2.05) is 19.1 Å². The molecule has 0 saturated carbocycles. The van der Waals surface area contributed by atoms with Crippen molar-refractivity contribution >= 4 is 61.2 Å². The third kappa shape index (κ3) is 5.31. The maximum Gasteiger partial charge on any atom is 0.243 e. The van der Waals surface area contributed by atoms with Gasteiger partial charge in [-0.15, -0.1) is 16.8 Å². The molecule has 11 heteroatoms. The average molecular weight is 546 g/mol. The van der Waals surface area contributed by atoms with Crippen LogP contribution in [0.4, 0.5) is 11.4 Å². The fourth-order valence-electron chi connectivity index (χ4n) is 4.16. The largest absolute Gasteiger partial charge is 0.493 e. The number of anilines is 1. The average Bonchev–Trinajstić information content (AvgIpc) is 3.10. The van der Waals surface area contributed by atoms with Crippen LogP contribution in [0.25, 0.3) is 10.9 Å². The summed E-state index contributed by atoms with van der Waals surface area (Å²) in [7, 11) is -3.69. The highest BCUT2D eigenvalue weighted by atomic mass is 35.5. The van der Waals surface area contributed by atoms with Crippen molar-refractivity contribution in [2.45, 2.75) is 38.1 Å². The number of nitrogens with one attached hydrogen (secondary N) is 1. The van der Waals surface area contributed by atoms with Crippen LogP contribution in [0, 0.1) is 12.8 Å². The van der Waals surface area contributed by atoms with Gasteiger partial charge in [0.2, 0.25) is 21.0 Å². The van der Waals surface area contributed by atoms with Gasteiger partial charge in [-0.1, -0.05) is 30.7 Å². The molecule has 2 aromatic carbocycles. The summed E-state index contributed by atoms with van der Waals surface area (Å²) < 4.78 is 29.8. The predicted molar refractivity (Wildman–Crippen MR) is 148 cm³/mol. The van der Waals surface area contributed by atoms with Crippen LogP contribution in [-0.2, 0) is 16.6 Å². The minimum atomic E-state index is -3.69. The van der Waals surface area contributed by atoms with Crippen LogP contribution in [-0.4, -0.2) is 40.6 Å². The number of aromatic hydroxyl groups is 1. The molecule has 2 heterocycles. The summed E-state index contributed by atoms with van der Waals surface area (Å²) in [5.74, 6) is 0.348. The van der Waals surface area contributed by atoms with Gasteiger partial charge in [-0.3, -0.25) is 0 Å². The van der Waals surface area contributed by atoms with E-state index in [2.05, 4.69) is 29.0 Å². The Kier molecular flexibility index (Phi) is 7.79. The Morgan fingerprint density at radius 1 is 1.28 bits per heavy atom. The fourth-order valence-corrected chi connectivity index (χ4v) is 6.00. The van der Waals surface area contributed by atoms with Crippen molar-refractivity contribution in [3.63, 3.8) is 0 Å². The zero-order chi connectivity index (χ0) is 26.0. The van der Waals surface area contributed by atoms with Crippen LogP contribution in [0.15, 0.2) is 64.2 Å². The number of sulfonamides is 1. The second-order valence-corrected chi connectivity index (χ2v) is 11.7. The number of aromatic nitrogens is 1. The summed E-state index contributed by atoms with van der Waals surface area (Å²) in [4.78, 5) is 0.145. The maximum absolute atomic E-state index is 13.3. The first-order valence-corrected chi connectivity index (χ1v) is 13.8. The molecule has 0 unspecified atom stereocenters. The monoisotopic (exact) mass is 545 g/mol. The number of hydrogen-bond acceptors (Lipinski definition) is 5. The van der Waals surface area contributed by atoms with E-state index in [0.717, 1.165) is 18.4 Å². The summed E-state index contributed by atoms with van der Waals surface area (Å²) in [6.45, 7) is 9.04. The van der Waals surface area contributed by atoms with Crippen molar-refractivity contribution in [2.75, 3.05) is 18.4 Å². The summed E-state index contributed by atoms with van der Waals surface area (Å²) in [5, 5.41) is 23.2. The summed E-state index contributed by atoms with van der Waals surface area (Å²) in [5.41, 5.74) is 2.32. The molecular formula is C25H28ClN5O3S2. The van der Waals surface area contributed by atoms with Crippen LogP contribution in [0.5, 0.6) is 5.88 Å². The third-order valence-electron chi connectivity index (χ3n) is 6.34. The molecule has 0 aliphatic carbocycles. The first-order chi connectivity index (χ1) is 17.1. The molecule has 0 atom stereocenters. The zero-order valence-corrected chi connectivity index (χ0v) is 22.5. The van der Waals surface area contributed by atoms with Crippen LogP contribution in [0.3, 0.4) is 0 Å². The molecule has 0 spiro atoms. The van der Waals surface area contributed by atoms with E-state index in [-0.39, 0.29) is 21.6 Å². The summed E-state index contributed by atoms with van der Waals surface area (Å²) in [6.07, 6.45) is 3.29. The molecule has 1 fully saturated rings. The van der Waals surface area contributed by atoms with Crippen molar-refractivity contribution in [1.29, 1.82) is 0 Å². The number of hydrogen-bond donors (Lipinski definition) is 2. The lowest BCUT2D eigenvalue weighted by atomic mass is 10.0. The minimum absolute atomic E-state index is 0.0603. The third-order valence-corrected chi connectivity index (χ3v) is 8.82. The Labute approximate surface area is 221 Å². The number of halogens is 1. The molecule has 1 aliphatic heterocycles. The Balaban J connectivity index is 1.69. The molecule has 0 radical (unpaired) electrons. The van der Waals surface area contributed by atoms with E-state index in [1.165, 1.54) is 10.4 Å². The van der Waals surface area contributed by atoms with E-state index in [1.54, 1.807) is 28.8 Å². The predicted octanol–water partition coefficient (Wildman–Crippen LogP) is 6.40. The van der Waals surface area contributed by atoms with Crippen molar-refractivity contribution in [3.8, 4) is 5.88 Å². The molecule has 1 aliphatic rings. The van der Waals surface area contributed by atoms with Gasteiger partial charge in [0.1, 0.15) is 0 Å². The number of thiocarbonyl (C=S) groups is 1. The smallest absolute Gasteiger partial charge is 0.243 e. The van der Waals surface area contributed by atoms with Gasteiger partial charge >= 0.3 is 0 Å². The van der Waals surface area contributed by atoms with E-state index < -0.39 is 10.0 Å². The molecule has 4 rings (SSSR count). The van der Waals surface area contributed by atoms with Crippen LogP contribution >= 0.6 is 23.8 Å². The van der Waals surface area contributed by atoms with Gasteiger partial charge in [0, 0.05) is 35.7 Å². The molecular weight excluding hydrogens is 518 g/mol. The van der Waals surface area contributed by atoms with Gasteiger partial charge in [-0.05, 0) is 73.8 Å². The number of nitrogens with zero attached hydrogens (tertiary/aromatic N) is 4. The van der Waals surface area contributed by atoms with Crippen LogP contribution < -0.4 is 5.32 Å². The van der Waals surface area contributed by atoms with Crippen molar-refractivity contribution in [1.82, 2.24) is 8.87 Å². The topological polar surface area (TPSA) is 99.3 Å². The van der Waals surface area contributed by atoms with Crippen LogP contribution in [0.2, 0.25) is 5.02 Å². The first kappa shape index (κ1) is 26.3. The summed E-state index contributed by atoms with van der Waals surface area (Å²) in [6, 6.07) is 10.2. The van der Waals surface area contributed by atoms with Gasteiger partial charge in [0.05, 0.1) is 10.4 Å². The van der Waals surface area contributed by atoms with Gasteiger partial charge in [0.25, 0.3) is 0 Å². The standard InChI is InChI=1S/C25H28ClN5O3S2/c1-4-11-31-22-8-7-19(36(33,34)30-12-9-16(2)10-13-30)15-20(22)23(24(31)32)28-29-25(35)27-18-6-5-17(3)21(26)14-18/h4-8,14-16,32H,1,9-13H2,2-3H3,(H,27,35). The number of allylic oxidation sites excluding steroid dienone is 1. The van der Waals surface area contributed by atoms with Gasteiger partial charge in [-0.2, -0.15) is 4.31 Å². The SMILES string of the molecule is C=CCn1c(O)c(N=NC(=S)Nc2ccc(C)c(Cl)c2)c2cc(S(=O)(=O)N3CCC(C)CC3)ccc21. The highest BCUT2D eigenvalue weighted by molar-refractivity contribution is 7.89. The van der Waals surface area contributed by atoms with E-state index >= 15 is 0 Å². The number of benzene rings is 2. The van der Waals surface area contributed by atoms with E-state index in [0.29, 0.717) is 47.2 Å². The quantitative estimate of drug-likeness (QED) is 0.212. The second-order valence-electron chi connectivity index (χ2n) is 8.93. The minimum Gasteiger partial charge on any atom is -0.493 e. The molecule has 190 valence electrons. The Morgan fingerprint density at radius 3 is 2.67 bits per heavy atom. The molecule has 36 heavy (non-hydrogen) atoms. The molecule has 0 bridgehead atoms. The van der Waals surface area contributed by atoms with E-state index in [4.69, 9.17) is 23.8 Å². The Morgan fingerprint density at radius 2 is 2.00 bits per heavy atom. The Hall–Kier alpha value is -2.79. The van der Waals surface area contributed by atoms with Gasteiger partial charge in [-0.25, -0.2) is 8.42 Å². The van der Waals surface area contributed by atoms with Crippen LogP contribution in [0.1, 0.15) is 25.3 Å². The highest BCUT2D eigenvalue weighted by Gasteiger charge is 2.29. The number of piperidine rings is 1.